The van der Waals surface area contributed by atoms with E-state index in [0.717, 1.165) is 32.5 Å². The van der Waals surface area contributed by atoms with Crippen LogP contribution in [0.2, 0.25) is 0 Å². The number of imide groups is 1. The van der Waals surface area contributed by atoms with Crippen LogP contribution in [0.15, 0.2) is 12.1 Å². The van der Waals surface area contributed by atoms with Crippen molar-refractivity contribution < 1.29 is 33.4 Å². The molecule has 3 aliphatic rings. The van der Waals surface area contributed by atoms with Crippen molar-refractivity contribution in [1.82, 2.24) is 24.9 Å². The van der Waals surface area contributed by atoms with E-state index in [0.29, 0.717) is 54.5 Å². The lowest BCUT2D eigenvalue weighted by Crippen LogP contribution is -2.49. The van der Waals surface area contributed by atoms with Gasteiger partial charge in [-0.15, -0.1) is 0 Å². The van der Waals surface area contributed by atoms with Gasteiger partial charge in [-0.1, -0.05) is 13.8 Å². The molecule has 0 spiro atoms. The van der Waals surface area contributed by atoms with E-state index in [4.69, 9.17) is 5.11 Å². The van der Waals surface area contributed by atoms with Crippen molar-refractivity contribution in [3.8, 4) is 0 Å². The summed E-state index contributed by atoms with van der Waals surface area (Å²) in [5.41, 5.74) is 0.0783. The Morgan fingerprint density at radius 1 is 1.09 bits per heavy atom. The average molecular weight is 626 g/mol. The molecular weight excluding hydrogens is 585 g/mol. The molecule has 1 aromatic heterocycles. The molecule has 5 rings (SSSR count). The first kappa shape index (κ1) is 34.0. The van der Waals surface area contributed by atoms with Gasteiger partial charge >= 0.3 is 11.5 Å². The summed E-state index contributed by atoms with van der Waals surface area (Å²) < 4.78 is 21.0. The first-order chi connectivity index (χ1) is 20.6. The summed E-state index contributed by atoms with van der Waals surface area (Å²) in [4.78, 5) is 52.4. The zero-order valence-corrected chi connectivity index (χ0v) is 25.9. The summed E-state index contributed by atoms with van der Waals surface area (Å²) in [5, 5.41) is 16.3. The first-order valence-corrected chi connectivity index (χ1v) is 14.9. The van der Waals surface area contributed by atoms with Crippen LogP contribution in [-0.4, -0.2) is 114 Å². The standard InChI is InChI=1S/C24H32FN7O4.C2H3ClO2.C2H6/c1-28-22-17(23(27-28)32-9-6-19(34)26-24(32)36)2-3-18(21(22)25)30-12-10-29(11-13-30)14-16-4-7-31(8-5-16)20(35)15-33;1-5-2(3)4;1-2/h2-3,16,33H,4-15H2,1H3,(H,26,34,36);1H3;1-2H3. The number of benzene rings is 1. The molecule has 0 bridgehead atoms. The second kappa shape index (κ2) is 15.8. The predicted octanol–water partition coefficient (Wildman–Crippen LogP) is 2.53. The highest BCUT2D eigenvalue weighted by Gasteiger charge is 2.31. The molecular formula is C28H41ClFN7O6. The fourth-order valence-electron chi connectivity index (χ4n) is 5.51. The average Bonchev–Trinajstić information content (AvgIpc) is 3.35. The maximum absolute atomic E-state index is 15.7. The fourth-order valence-corrected chi connectivity index (χ4v) is 5.51. The highest BCUT2D eigenvalue weighted by Crippen LogP contribution is 2.34. The normalized spacial score (nSPS) is 18.0. The Bertz CT molecular complexity index is 1290. The number of piperidine rings is 1. The van der Waals surface area contributed by atoms with Crippen molar-refractivity contribution >= 4 is 57.3 Å². The number of rotatable bonds is 5. The minimum Gasteiger partial charge on any atom is -0.457 e. The van der Waals surface area contributed by atoms with Crippen LogP contribution in [0.1, 0.15) is 33.1 Å². The molecule has 2 N–H and O–H groups in total. The number of fused-ring (bicyclic) bond motifs is 1. The molecule has 0 saturated carbocycles. The van der Waals surface area contributed by atoms with E-state index >= 15 is 4.39 Å². The maximum Gasteiger partial charge on any atom is 0.403 e. The van der Waals surface area contributed by atoms with E-state index in [9.17, 15) is 19.2 Å². The highest BCUT2D eigenvalue weighted by molar-refractivity contribution is 6.61. The van der Waals surface area contributed by atoms with Gasteiger partial charge < -0.3 is 19.6 Å². The van der Waals surface area contributed by atoms with Crippen molar-refractivity contribution in [3.63, 3.8) is 0 Å². The van der Waals surface area contributed by atoms with Crippen molar-refractivity contribution in [2.24, 2.45) is 13.0 Å². The Morgan fingerprint density at radius 3 is 2.28 bits per heavy atom. The SMILES string of the molecule is CC.COC(=O)Cl.Cn1nc(N2CCC(=O)NC2=O)c2ccc(N3CCN(CC4CCN(C(=O)CO)CC4)CC3)c(F)c21. The van der Waals surface area contributed by atoms with Crippen LogP contribution in [0.3, 0.4) is 0 Å². The number of urea groups is 1. The van der Waals surface area contributed by atoms with Crippen LogP contribution in [0.5, 0.6) is 0 Å². The van der Waals surface area contributed by atoms with Gasteiger partial charge in [0, 0.05) is 82.8 Å². The molecule has 0 radical (unpaired) electrons. The molecule has 13 nitrogen and oxygen atoms in total. The first-order valence-electron chi connectivity index (χ1n) is 14.5. The maximum atomic E-state index is 15.7. The van der Waals surface area contributed by atoms with E-state index in [2.05, 4.69) is 31.7 Å². The Labute approximate surface area is 255 Å². The summed E-state index contributed by atoms with van der Waals surface area (Å²) in [5.74, 6) is -0.0269. The summed E-state index contributed by atoms with van der Waals surface area (Å²) in [6, 6.07) is 3.00. The van der Waals surface area contributed by atoms with Gasteiger partial charge in [0.2, 0.25) is 11.8 Å². The van der Waals surface area contributed by atoms with Crippen LogP contribution in [0.25, 0.3) is 10.9 Å². The van der Waals surface area contributed by atoms with Crippen LogP contribution in [-0.2, 0) is 21.4 Å². The van der Waals surface area contributed by atoms with Crippen molar-refractivity contribution in [2.75, 3.05) is 75.9 Å². The molecule has 0 unspecified atom stereocenters. The van der Waals surface area contributed by atoms with Crippen molar-refractivity contribution in [2.45, 2.75) is 33.1 Å². The zero-order chi connectivity index (χ0) is 31.7. The van der Waals surface area contributed by atoms with Crippen LogP contribution >= 0.6 is 11.6 Å². The monoisotopic (exact) mass is 625 g/mol. The second-order valence-electron chi connectivity index (χ2n) is 10.2. The number of amides is 4. The Kier molecular flexibility index (Phi) is 12.5. The molecule has 0 atom stereocenters. The van der Waals surface area contributed by atoms with Crippen molar-refractivity contribution in [1.29, 1.82) is 0 Å². The topological polar surface area (TPSA) is 141 Å². The molecule has 2 aromatic rings. The van der Waals surface area contributed by atoms with E-state index in [1.807, 2.05) is 18.7 Å². The number of aryl methyl sites for hydroxylation is 1. The number of ether oxygens (including phenoxy) is 1. The van der Waals surface area contributed by atoms with E-state index in [-0.39, 0.29) is 30.6 Å². The number of nitrogens with zero attached hydrogens (tertiary/aromatic N) is 6. The Morgan fingerprint density at radius 2 is 1.72 bits per heavy atom. The number of anilines is 2. The quantitative estimate of drug-likeness (QED) is 0.480. The third-order valence-corrected chi connectivity index (χ3v) is 7.86. The van der Waals surface area contributed by atoms with Gasteiger partial charge in [0.1, 0.15) is 12.1 Å². The minimum absolute atomic E-state index is 0.175. The number of carbonyl (C=O) groups excluding carboxylic acids is 4. The number of piperazine rings is 1. The molecule has 3 saturated heterocycles. The van der Waals surface area contributed by atoms with Gasteiger partial charge in [-0.05, 0) is 30.9 Å². The fraction of sp³-hybridized carbons (Fsp3) is 0.607. The minimum atomic E-state index is -0.773. The largest absolute Gasteiger partial charge is 0.457 e. The van der Waals surface area contributed by atoms with Crippen molar-refractivity contribution in [3.05, 3.63) is 17.9 Å². The summed E-state index contributed by atoms with van der Waals surface area (Å²) in [7, 11) is 2.87. The Balaban J connectivity index is 0.000000657. The van der Waals surface area contributed by atoms with Gasteiger partial charge in [-0.25, -0.2) is 14.0 Å². The van der Waals surface area contributed by atoms with E-state index < -0.39 is 18.1 Å². The summed E-state index contributed by atoms with van der Waals surface area (Å²) in [6.07, 6.45) is 2.04. The lowest BCUT2D eigenvalue weighted by Gasteiger charge is -2.39. The highest BCUT2D eigenvalue weighted by atomic mass is 35.5. The number of nitrogens with one attached hydrogen (secondary N) is 1. The lowest BCUT2D eigenvalue weighted by atomic mass is 9.96. The van der Waals surface area contributed by atoms with Gasteiger partial charge in [0.25, 0.3) is 0 Å². The second-order valence-corrected chi connectivity index (χ2v) is 10.5. The smallest absolute Gasteiger partial charge is 0.403 e. The van der Waals surface area contributed by atoms with Gasteiger partial charge in [-0.2, -0.15) is 5.10 Å². The van der Waals surface area contributed by atoms with Gasteiger partial charge in [-0.3, -0.25) is 29.4 Å². The van der Waals surface area contributed by atoms with Gasteiger partial charge in [0.05, 0.1) is 12.8 Å². The number of aliphatic hydroxyl groups is 1. The van der Waals surface area contributed by atoms with Crippen LogP contribution < -0.4 is 15.1 Å². The summed E-state index contributed by atoms with van der Waals surface area (Å²) in [6.45, 7) is 9.17. The number of hydrogen-bond acceptors (Lipinski definition) is 9. The van der Waals surface area contributed by atoms with E-state index in [1.165, 1.54) is 16.7 Å². The molecule has 15 heteroatoms. The molecule has 0 aliphatic carbocycles. The molecule has 43 heavy (non-hydrogen) atoms. The van der Waals surface area contributed by atoms with Crippen LogP contribution in [0.4, 0.5) is 25.5 Å². The number of methoxy groups -OCH3 is 1. The van der Waals surface area contributed by atoms with E-state index in [1.54, 1.807) is 24.1 Å². The number of aliphatic hydroxyl groups excluding tert-OH is 1. The molecule has 4 amide bonds. The molecule has 1 aromatic carbocycles. The lowest BCUT2D eigenvalue weighted by molar-refractivity contribution is -0.135. The molecule has 3 fully saturated rings. The zero-order valence-electron chi connectivity index (χ0n) is 25.1. The third kappa shape index (κ3) is 8.33. The number of hydrogen-bond donors (Lipinski definition) is 2. The summed E-state index contributed by atoms with van der Waals surface area (Å²) >= 11 is 4.60. The Hall–Kier alpha value is -3.49. The predicted molar refractivity (Wildman–Crippen MR) is 161 cm³/mol. The third-order valence-electron chi connectivity index (χ3n) is 7.71. The number of likely N-dealkylation sites (tertiary alicyclic amines) is 1. The number of halogens is 2. The molecule has 4 heterocycles. The molecule has 238 valence electrons. The molecule has 3 aliphatic heterocycles. The van der Waals surface area contributed by atoms with Gasteiger partial charge in [0.15, 0.2) is 11.6 Å². The number of carbonyl (C=O) groups is 4. The number of aromatic nitrogens is 2. The van der Waals surface area contributed by atoms with Crippen LogP contribution in [0, 0.1) is 11.7 Å².